The first-order valence-corrected chi connectivity index (χ1v) is 7.36. The van der Waals surface area contributed by atoms with Crippen LogP contribution in [0, 0.1) is 12.7 Å². The summed E-state index contributed by atoms with van der Waals surface area (Å²) in [5.41, 5.74) is 7.07. The van der Waals surface area contributed by atoms with Gasteiger partial charge in [-0.2, -0.15) is 0 Å². The molecule has 0 saturated carbocycles. The predicted molar refractivity (Wildman–Crippen MR) is 74.1 cm³/mol. The van der Waals surface area contributed by atoms with E-state index >= 15 is 0 Å². The normalized spacial score (nSPS) is 11.8. The van der Waals surface area contributed by atoms with E-state index in [0.717, 1.165) is 10.6 Å². The van der Waals surface area contributed by atoms with Crippen LogP contribution in [0.5, 0.6) is 0 Å². The zero-order valence-electron chi connectivity index (χ0n) is 10.8. The zero-order valence-corrected chi connectivity index (χ0v) is 11.6. The van der Waals surface area contributed by atoms with Gasteiger partial charge in [0, 0.05) is 12.4 Å². The predicted octanol–water partition coefficient (Wildman–Crippen LogP) is 1.66. The maximum atomic E-state index is 13.6. The molecule has 5 nitrogen and oxygen atoms in total. The maximum Gasteiger partial charge on any atom is 0.232 e. The van der Waals surface area contributed by atoms with E-state index in [-0.39, 0.29) is 17.1 Å². The van der Waals surface area contributed by atoms with Gasteiger partial charge in [0.1, 0.15) is 5.82 Å². The Kier molecular flexibility index (Phi) is 3.09. The van der Waals surface area contributed by atoms with Crippen LogP contribution in [-0.4, -0.2) is 26.7 Å². The minimum Gasteiger partial charge on any atom is -0.397 e. The van der Waals surface area contributed by atoms with Gasteiger partial charge in [0.2, 0.25) is 10.0 Å². The number of nitrogen functional groups attached to an aromatic ring is 1. The van der Waals surface area contributed by atoms with Gasteiger partial charge in [0.25, 0.3) is 0 Å². The Balaban J connectivity index is 2.86. The Morgan fingerprint density at radius 3 is 2.58 bits per heavy atom. The average molecular weight is 283 g/mol. The van der Waals surface area contributed by atoms with Crippen molar-refractivity contribution in [3.05, 3.63) is 29.7 Å². The summed E-state index contributed by atoms with van der Waals surface area (Å²) in [4.78, 5) is 4.09. The molecule has 2 aromatic rings. The highest BCUT2D eigenvalue weighted by Crippen LogP contribution is 2.33. The summed E-state index contributed by atoms with van der Waals surface area (Å²) < 4.78 is 37.9. The van der Waals surface area contributed by atoms with Crippen LogP contribution in [0.3, 0.4) is 0 Å². The number of hydrogen-bond donors (Lipinski definition) is 1. The summed E-state index contributed by atoms with van der Waals surface area (Å²) in [6.45, 7) is 1.55. The summed E-state index contributed by atoms with van der Waals surface area (Å²) in [5, 5.41) is 0.371. The molecule has 0 aliphatic rings. The molecule has 2 N–H and O–H groups in total. The van der Waals surface area contributed by atoms with E-state index in [0.29, 0.717) is 10.9 Å². The smallest absolute Gasteiger partial charge is 0.232 e. The maximum absolute atomic E-state index is 13.6. The molecule has 0 saturated heterocycles. The number of aromatic nitrogens is 1. The zero-order chi connectivity index (χ0) is 14.4. The van der Waals surface area contributed by atoms with Crippen LogP contribution in [0.4, 0.5) is 15.8 Å². The number of nitrogens with two attached hydrogens (primary N) is 1. The quantitative estimate of drug-likeness (QED) is 0.850. The molecule has 19 heavy (non-hydrogen) atoms. The van der Waals surface area contributed by atoms with Crippen LogP contribution in [0.25, 0.3) is 10.9 Å². The third-order valence-electron chi connectivity index (χ3n) is 2.94. The van der Waals surface area contributed by atoms with Gasteiger partial charge in [-0.25, -0.2) is 17.8 Å². The molecular formula is C12H14FN3O2S. The first-order chi connectivity index (χ1) is 8.71. The summed E-state index contributed by atoms with van der Waals surface area (Å²) in [6.07, 6.45) is 1.06. The number of pyridine rings is 1. The van der Waals surface area contributed by atoms with E-state index in [1.54, 1.807) is 19.1 Å². The summed E-state index contributed by atoms with van der Waals surface area (Å²) in [7, 11) is -2.12. The minimum absolute atomic E-state index is 0.242. The van der Waals surface area contributed by atoms with E-state index in [2.05, 4.69) is 4.98 Å². The van der Waals surface area contributed by atoms with Crippen molar-refractivity contribution < 1.29 is 12.8 Å². The molecule has 0 atom stereocenters. The van der Waals surface area contributed by atoms with E-state index in [9.17, 15) is 12.8 Å². The number of sulfonamides is 1. The molecule has 0 aliphatic carbocycles. The van der Waals surface area contributed by atoms with Crippen molar-refractivity contribution in [2.75, 3.05) is 23.3 Å². The second-order valence-corrected chi connectivity index (χ2v) is 6.37. The summed E-state index contributed by atoms with van der Waals surface area (Å²) in [5.74, 6) is -0.499. The standard InChI is InChI=1S/C12H14FN3O2S/c1-7-9(13)6-8-11(15-7)5-4-10(14)12(8)16(2)19(3,17)18/h4-6H,14H2,1-3H3. The second kappa shape index (κ2) is 4.34. The number of benzene rings is 1. The fraction of sp³-hybridized carbons (Fsp3) is 0.250. The van der Waals surface area contributed by atoms with Crippen molar-refractivity contribution in [1.82, 2.24) is 4.98 Å². The summed E-state index contributed by atoms with van der Waals surface area (Å²) in [6, 6.07) is 4.45. The first-order valence-electron chi connectivity index (χ1n) is 5.51. The van der Waals surface area contributed by atoms with Gasteiger partial charge in [0.15, 0.2) is 0 Å². The Bertz CT molecular complexity index is 759. The lowest BCUT2D eigenvalue weighted by Gasteiger charge is -2.20. The van der Waals surface area contributed by atoms with Gasteiger partial charge in [0.05, 0.1) is 28.8 Å². The van der Waals surface area contributed by atoms with Crippen molar-refractivity contribution in [2.24, 2.45) is 0 Å². The van der Waals surface area contributed by atoms with Gasteiger partial charge in [-0.15, -0.1) is 0 Å². The molecule has 1 aromatic carbocycles. The van der Waals surface area contributed by atoms with Crippen molar-refractivity contribution in [3.8, 4) is 0 Å². The molecule has 1 aromatic heterocycles. The molecule has 0 bridgehead atoms. The molecule has 1 heterocycles. The molecule has 0 amide bonds. The van der Waals surface area contributed by atoms with Crippen LogP contribution in [0.15, 0.2) is 18.2 Å². The third-order valence-corrected chi connectivity index (χ3v) is 4.12. The van der Waals surface area contributed by atoms with E-state index < -0.39 is 15.8 Å². The highest BCUT2D eigenvalue weighted by atomic mass is 32.2. The van der Waals surface area contributed by atoms with Crippen LogP contribution in [-0.2, 0) is 10.0 Å². The van der Waals surface area contributed by atoms with Crippen LogP contribution < -0.4 is 10.0 Å². The highest BCUT2D eigenvalue weighted by Gasteiger charge is 2.19. The Morgan fingerprint density at radius 2 is 2.00 bits per heavy atom. The third kappa shape index (κ3) is 2.33. The molecule has 102 valence electrons. The van der Waals surface area contributed by atoms with Gasteiger partial charge in [-0.1, -0.05) is 0 Å². The lowest BCUT2D eigenvalue weighted by Crippen LogP contribution is -2.26. The van der Waals surface area contributed by atoms with Crippen LogP contribution in [0.1, 0.15) is 5.69 Å². The minimum atomic E-state index is -3.49. The van der Waals surface area contributed by atoms with Crippen molar-refractivity contribution >= 4 is 32.3 Å². The van der Waals surface area contributed by atoms with Gasteiger partial charge in [-0.05, 0) is 25.1 Å². The lowest BCUT2D eigenvalue weighted by atomic mass is 10.1. The van der Waals surface area contributed by atoms with E-state index in [1.165, 1.54) is 13.1 Å². The number of fused-ring (bicyclic) bond motifs is 1. The van der Waals surface area contributed by atoms with Crippen molar-refractivity contribution in [2.45, 2.75) is 6.92 Å². The number of anilines is 2. The molecule has 2 rings (SSSR count). The summed E-state index contributed by atoms with van der Waals surface area (Å²) >= 11 is 0. The largest absolute Gasteiger partial charge is 0.397 e. The number of nitrogens with zero attached hydrogens (tertiary/aromatic N) is 2. The van der Waals surface area contributed by atoms with Gasteiger partial charge in [-0.3, -0.25) is 4.31 Å². The monoisotopic (exact) mass is 283 g/mol. The highest BCUT2D eigenvalue weighted by molar-refractivity contribution is 7.92. The number of aryl methyl sites for hydroxylation is 1. The molecule has 7 heteroatoms. The van der Waals surface area contributed by atoms with Gasteiger partial charge < -0.3 is 5.73 Å². The Morgan fingerprint density at radius 1 is 1.37 bits per heavy atom. The number of rotatable bonds is 2. The number of halogens is 1. The SMILES string of the molecule is Cc1nc2ccc(N)c(N(C)S(C)(=O)=O)c2cc1F. The molecule has 0 fully saturated rings. The molecule has 0 radical (unpaired) electrons. The Labute approximate surface area is 110 Å². The lowest BCUT2D eigenvalue weighted by molar-refractivity contribution is 0.600. The fourth-order valence-electron chi connectivity index (χ4n) is 1.84. The van der Waals surface area contributed by atoms with Crippen molar-refractivity contribution in [3.63, 3.8) is 0 Å². The van der Waals surface area contributed by atoms with Crippen LogP contribution >= 0.6 is 0 Å². The van der Waals surface area contributed by atoms with E-state index in [4.69, 9.17) is 5.73 Å². The second-order valence-electron chi connectivity index (χ2n) is 4.36. The van der Waals surface area contributed by atoms with Gasteiger partial charge >= 0.3 is 0 Å². The Hall–Kier alpha value is -1.89. The molecular weight excluding hydrogens is 269 g/mol. The average Bonchev–Trinajstić information content (AvgIpc) is 2.29. The van der Waals surface area contributed by atoms with E-state index in [1.807, 2.05) is 0 Å². The first kappa shape index (κ1) is 13.5. The molecule has 0 aliphatic heterocycles. The van der Waals surface area contributed by atoms with Crippen LogP contribution in [0.2, 0.25) is 0 Å². The molecule has 0 unspecified atom stereocenters. The van der Waals surface area contributed by atoms with Crippen molar-refractivity contribution in [1.29, 1.82) is 0 Å². The fourth-order valence-corrected chi connectivity index (χ4v) is 2.37. The molecule has 0 spiro atoms. The topological polar surface area (TPSA) is 76.3 Å². The number of hydrogen-bond acceptors (Lipinski definition) is 4.